The van der Waals surface area contributed by atoms with Crippen LogP contribution in [0, 0.1) is 12.7 Å². The molecule has 1 N–H and O–H groups in total. The van der Waals surface area contributed by atoms with E-state index in [1.165, 1.54) is 10.4 Å². The molecule has 7 heteroatoms. The predicted molar refractivity (Wildman–Crippen MR) is 104 cm³/mol. The molecule has 0 saturated carbocycles. The van der Waals surface area contributed by atoms with E-state index < -0.39 is 10.0 Å². The van der Waals surface area contributed by atoms with Gasteiger partial charge >= 0.3 is 0 Å². The molecule has 5 nitrogen and oxygen atoms in total. The van der Waals surface area contributed by atoms with Gasteiger partial charge in [-0.15, -0.1) is 0 Å². The summed E-state index contributed by atoms with van der Waals surface area (Å²) in [4.78, 5) is 12.1. The van der Waals surface area contributed by atoms with Gasteiger partial charge in [-0.3, -0.25) is 4.79 Å². The Morgan fingerprint density at radius 2 is 1.67 bits per heavy atom. The first kappa shape index (κ1) is 21.1. The number of hydrogen-bond donors (Lipinski definition) is 1. The largest absolute Gasteiger partial charge is 0.354 e. The van der Waals surface area contributed by atoms with Crippen LogP contribution in [0.5, 0.6) is 0 Å². The fourth-order valence-electron chi connectivity index (χ4n) is 2.75. The van der Waals surface area contributed by atoms with Gasteiger partial charge in [-0.1, -0.05) is 42.5 Å². The third kappa shape index (κ3) is 6.77. The first-order valence-corrected chi connectivity index (χ1v) is 10.6. The van der Waals surface area contributed by atoms with E-state index in [1.54, 1.807) is 18.2 Å². The maximum absolute atomic E-state index is 13.7. The molecular formula is C20H25FN2O3S. The molecule has 2 aromatic carbocycles. The van der Waals surface area contributed by atoms with Gasteiger partial charge in [0.1, 0.15) is 5.82 Å². The lowest BCUT2D eigenvalue weighted by Gasteiger charge is -2.20. The third-order valence-corrected chi connectivity index (χ3v) is 5.66. The van der Waals surface area contributed by atoms with Crippen LogP contribution in [0.3, 0.4) is 0 Å². The predicted octanol–water partition coefficient (Wildman–Crippen LogP) is 2.30. The van der Waals surface area contributed by atoms with E-state index in [9.17, 15) is 17.6 Å². The average molecular weight is 392 g/mol. The highest BCUT2D eigenvalue weighted by atomic mass is 32.2. The Kier molecular flexibility index (Phi) is 7.50. The van der Waals surface area contributed by atoms with Crippen molar-refractivity contribution < 1.29 is 17.6 Å². The third-order valence-electron chi connectivity index (χ3n) is 4.35. The maximum Gasteiger partial charge on any atom is 0.224 e. The molecule has 0 heterocycles. The zero-order valence-corrected chi connectivity index (χ0v) is 16.4. The lowest BCUT2D eigenvalue weighted by molar-refractivity contribution is -0.120. The number of hydrogen-bond acceptors (Lipinski definition) is 3. The first-order chi connectivity index (χ1) is 12.8. The van der Waals surface area contributed by atoms with Gasteiger partial charge in [0.05, 0.1) is 12.7 Å². The highest BCUT2D eigenvalue weighted by molar-refractivity contribution is 7.88. The van der Waals surface area contributed by atoms with Crippen molar-refractivity contribution >= 4 is 15.9 Å². The highest BCUT2D eigenvalue weighted by Crippen LogP contribution is 2.10. The van der Waals surface area contributed by atoms with Crippen molar-refractivity contribution in [2.24, 2.45) is 0 Å². The van der Waals surface area contributed by atoms with E-state index in [0.717, 1.165) is 17.4 Å². The molecule has 0 aromatic heterocycles. The molecule has 0 bridgehead atoms. The zero-order valence-electron chi connectivity index (χ0n) is 15.6. The van der Waals surface area contributed by atoms with Crippen LogP contribution >= 0.6 is 0 Å². The van der Waals surface area contributed by atoms with Gasteiger partial charge in [-0.2, -0.15) is 0 Å². The molecule has 0 aliphatic carbocycles. The number of aryl methyl sites for hydroxylation is 1. The second-order valence-corrected chi connectivity index (χ2v) is 8.44. The van der Waals surface area contributed by atoms with E-state index in [2.05, 4.69) is 5.32 Å². The number of carbonyl (C=O) groups is 1. The molecule has 27 heavy (non-hydrogen) atoms. The second-order valence-electron chi connectivity index (χ2n) is 6.46. The van der Waals surface area contributed by atoms with Crippen molar-refractivity contribution in [3.63, 3.8) is 0 Å². The van der Waals surface area contributed by atoms with E-state index >= 15 is 0 Å². The van der Waals surface area contributed by atoms with Crippen molar-refractivity contribution in [2.75, 3.05) is 25.9 Å². The number of nitrogens with one attached hydrogen (secondary N) is 1. The van der Waals surface area contributed by atoms with Gasteiger partial charge in [-0.25, -0.2) is 17.1 Å². The van der Waals surface area contributed by atoms with Crippen LogP contribution in [0.4, 0.5) is 4.39 Å². The molecule has 0 radical (unpaired) electrons. The maximum atomic E-state index is 13.7. The SMILES string of the molecule is Cc1ccccc1CC(=O)NCCN(CCc1ccccc1F)S(C)(=O)=O. The van der Waals surface area contributed by atoms with Gasteiger partial charge < -0.3 is 5.32 Å². The summed E-state index contributed by atoms with van der Waals surface area (Å²) in [5.41, 5.74) is 2.44. The molecule has 1 amide bonds. The van der Waals surface area contributed by atoms with Crippen molar-refractivity contribution in [1.29, 1.82) is 0 Å². The summed E-state index contributed by atoms with van der Waals surface area (Å²) in [7, 11) is -3.45. The molecule has 0 fully saturated rings. The van der Waals surface area contributed by atoms with Crippen molar-refractivity contribution in [1.82, 2.24) is 9.62 Å². The van der Waals surface area contributed by atoms with E-state index in [1.807, 2.05) is 31.2 Å². The van der Waals surface area contributed by atoms with Crippen molar-refractivity contribution in [2.45, 2.75) is 19.8 Å². The summed E-state index contributed by atoms with van der Waals surface area (Å²) in [5, 5.41) is 2.75. The second kappa shape index (κ2) is 9.62. The molecule has 0 aliphatic rings. The Morgan fingerprint density at radius 3 is 2.30 bits per heavy atom. The van der Waals surface area contributed by atoms with Crippen LogP contribution in [0.1, 0.15) is 16.7 Å². The summed E-state index contributed by atoms with van der Waals surface area (Å²) < 4.78 is 38.9. The van der Waals surface area contributed by atoms with Gasteiger partial charge in [0, 0.05) is 19.6 Å². The summed E-state index contributed by atoms with van der Waals surface area (Å²) in [6, 6.07) is 13.9. The first-order valence-electron chi connectivity index (χ1n) is 8.77. The zero-order chi connectivity index (χ0) is 19.9. The highest BCUT2D eigenvalue weighted by Gasteiger charge is 2.17. The van der Waals surface area contributed by atoms with Crippen LogP contribution in [0.2, 0.25) is 0 Å². The van der Waals surface area contributed by atoms with E-state index in [0.29, 0.717) is 5.56 Å². The molecule has 0 atom stereocenters. The van der Waals surface area contributed by atoms with Crippen molar-refractivity contribution in [3.05, 3.63) is 71.0 Å². The van der Waals surface area contributed by atoms with Gasteiger partial charge in [-0.05, 0) is 36.1 Å². The minimum atomic E-state index is -3.45. The Balaban J connectivity index is 1.87. The van der Waals surface area contributed by atoms with Gasteiger partial charge in [0.25, 0.3) is 0 Å². The van der Waals surface area contributed by atoms with E-state index in [-0.39, 0.29) is 44.2 Å². The molecule has 2 rings (SSSR count). The smallest absolute Gasteiger partial charge is 0.224 e. The molecule has 0 aliphatic heterocycles. The molecule has 2 aromatic rings. The monoisotopic (exact) mass is 392 g/mol. The summed E-state index contributed by atoms with van der Waals surface area (Å²) in [6.45, 7) is 2.45. The van der Waals surface area contributed by atoms with E-state index in [4.69, 9.17) is 0 Å². The number of rotatable bonds is 9. The Morgan fingerprint density at radius 1 is 1.04 bits per heavy atom. The van der Waals surface area contributed by atoms with Gasteiger partial charge in [0.15, 0.2) is 0 Å². The lowest BCUT2D eigenvalue weighted by atomic mass is 10.1. The normalized spacial score (nSPS) is 11.6. The van der Waals surface area contributed by atoms with Crippen LogP contribution in [0.25, 0.3) is 0 Å². The fraction of sp³-hybridized carbons (Fsp3) is 0.350. The Bertz CT molecular complexity index is 884. The molecule has 0 saturated heterocycles. The molecule has 0 spiro atoms. The quantitative estimate of drug-likeness (QED) is 0.712. The number of benzene rings is 2. The minimum absolute atomic E-state index is 0.146. The van der Waals surface area contributed by atoms with Crippen molar-refractivity contribution in [3.8, 4) is 0 Å². The Labute approximate surface area is 160 Å². The molecule has 146 valence electrons. The average Bonchev–Trinajstić information content (AvgIpc) is 2.60. The van der Waals surface area contributed by atoms with Gasteiger partial charge in [0.2, 0.25) is 15.9 Å². The number of amides is 1. The number of nitrogens with zero attached hydrogens (tertiary/aromatic N) is 1. The summed E-state index contributed by atoms with van der Waals surface area (Å²) in [6.07, 6.45) is 1.64. The number of halogens is 1. The topological polar surface area (TPSA) is 66.5 Å². The number of sulfonamides is 1. The van der Waals surface area contributed by atoms with Crippen LogP contribution < -0.4 is 5.32 Å². The standard InChI is InChI=1S/C20H25FN2O3S/c1-16-7-3-4-9-18(16)15-20(24)22-12-14-23(27(2,25)26)13-11-17-8-5-6-10-19(17)21/h3-10H,11-15H2,1-2H3,(H,22,24). The van der Waals surface area contributed by atoms with Crippen LogP contribution in [-0.2, 0) is 27.7 Å². The van der Waals surface area contributed by atoms with Crippen LogP contribution in [-0.4, -0.2) is 44.5 Å². The minimum Gasteiger partial charge on any atom is -0.354 e. The fourth-order valence-corrected chi connectivity index (χ4v) is 3.60. The molecule has 0 unspecified atom stereocenters. The molecular weight excluding hydrogens is 367 g/mol. The lowest BCUT2D eigenvalue weighted by Crippen LogP contribution is -2.39. The number of carbonyl (C=O) groups excluding carboxylic acids is 1. The van der Waals surface area contributed by atoms with Crippen LogP contribution in [0.15, 0.2) is 48.5 Å². The Hall–Kier alpha value is -2.25. The summed E-state index contributed by atoms with van der Waals surface area (Å²) in [5.74, 6) is -0.510. The summed E-state index contributed by atoms with van der Waals surface area (Å²) >= 11 is 0.